The first kappa shape index (κ1) is 15.5. The molecule has 19 heavy (non-hydrogen) atoms. The highest BCUT2D eigenvalue weighted by atomic mass is 16.5. The Bertz CT molecular complexity index is 386. The number of anilines is 1. The molecule has 0 saturated heterocycles. The number of esters is 1. The number of benzene rings is 1. The molecule has 0 fully saturated rings. The largest absolute Gasteiger partial charge is 0.464 e. The number of carbonyl (C=O) groups excluding carboxylic acids is 1. The monoisotopic (exact) mass is 263 g/mol. The van der Waals surface area contributed by atoms with Gasteiger partial charge < -0.3 is 10.1 Å². The topological polar surface area (TPSA) is 38.3 Å². The summed E-state index contributed by atoms with van der Waals surface area (Å²) in [6.45, 7) is 8.53. The molecule has 1 rings (SSSR count). The van der Waals surface area contributed by atoms with Gasteiger partial charge in [0.15, 0.2) is 0 Å². The van der Waals surface area contributed by atoms with Crippen LogP contribution in [-0.4, -0.2) is 18.6 Å². The third-order valence-electron chi connectivity index (χ3n) is 3.23. The summed E-state index contributed by atoms with van der Waals surface area (Å²) in [5.74, 6) is 0.0920. The van der Waals surface area contributed by atoms with E-state index in [0.717, 1.165) is 18.5 Å². The van der Waals surface area contributed by atoms with Crippen LogP contribution in [0.3, 0.4) is 0 Å². The molecule has 2 unspecified atom stereocenters. The summed E-state index contributed by atoms with van der Waals surface area (Å²) in [6.07, 6.45) is 2.06. The molecule has 0 radical (unpaired) electrons. The lowest BCUT2D eigenvalue weighted by Gasteiger charge is -2.24. The molecule has 0 bridgehead atoms. The normalized spacial score (nSPS) is 13.7. The quantitative estimate of drug-likeness (QED) is 0.761. The van der Waals surface area contributed by atoms with Crippen LogP contribution in [0.15, 0.2) is 24.3 Å². The fourth-order valence-corrected chi connectivity index (χ4v) is 2.12. The van der Waals surface area contributed by atoms with Crippen molar-refractivity contribution in [3.8, 4) is 0 Å². The molecular weight excluding hydrogens is 238 g/mol. The SMILES string of the molecule is CCCC(C)C(Nc1ccc(C)cc1)C(=O)OCC. The number of ether oxygens (including phenoxy) is 1. The minimum Gasteiger partial charge on any atom is -0.464 e. The van der Waals surface area contributed by atoms with Crippen LogP contribution in [0.2, 0.25) is 0 Å². The standard InChI is InChI=1S/C16H25NO2/c1-5-7-13(4)15(16(18)19-6-2)17-14-10-8-12(3)9-11-14/h8-11,13,15,17H,5-7H2,1-4H3. The Kier molecular flexibility index (Phi) is 6.40. The number of rotatable bonds is 7. The Balaban J connectivity index is 2.78. The highest BCUT2D eigenvalue weighted by Gasteiger charge is 2.25. The summed E-state index contributed by atoms with van der Waals surface area (Å²) in [5.41, 5.74) is 2.17. The van der Waals surface area contributed by atoms with Crippen LogP contribution in [0, 0.1) is 12.8 Å². The zero-order valence-corrected chi connectivity index (χ0v) is 12.4. The molecule has 0 aromatic heterocycles. The molecule has 0 aliphatic rings. The van der Waals surface area contributed by atoms with E-state index in [2.05, 4.69) is 19.2 Å². The van der Waals surface area contributed by atoms with E-state index in [4.69, 9.17) is 4.74 Å². The molecule has 2 atom stereocenters. The first-order valence-corrected chi connectivity index (χ1v) is 7.08. The van der Waals surface area contributed by atoms with Crippen molar-refractivity contribution < 1.29 is 9.53 Å². The maximum Gasteiger partial charge on any atom is 0.328 e. The van der Waals surface area contributed by atoms with Crippen molar-refractivity contribution >= 4 is 11.7 Å². The Labute approximate surface area is 116 Å². The summed E-state index contributed by atoms with van der Waals surface area (Å²) in [5, 5.41) is 3.30. The fraction of sp³-hybridized carbons (Fsp3) is 0.562. The van der Waals surface area contributed by atoms with Crippen molar-refractivity contribution in [3.05, 3.63) is 29.8 Å². The Morgan fingerprint density at radius 3 is 2.42 bits per heavy atom. The summed E-state index contributed by atoms with van der Waals surface area (Å²) < 4.78 is 5.17. The zero-order chi connectivity index (χ0) is 14.3. The maximum absolute atomic E-state index is 12.0. The third kappa shape index (κ3) is 4.93. The summed E-state index contributed by atoms with van der Waals surface area (Å²) in [6, 6.07) is 7.80. The van der Waals surface area contributed by atoms with Crippen LogP contribution in [0.25, 0.3) is 0 Å². The zero-order valence-electron chi connectivity index (χ0n) is 12.4. The molecule has 1 N–H and O–H groups in total. The second kappa shape index (κ2) is 7.82. The van der Waals surface area contributed by atoms with Gasteiger partial charge in [0.2, 0.25) is 0 Å². The van der Waals surface area contributed by atoms with Crippen LogP contribution in [0.4, 0.5) is 5.69 Å². The van der Waals surface area contributed by atoms with Crippen LogP contribution >= 0.6 is 0 Å². The van der Waals surface area contributed by atoms with Gasteiger partial charge in [-0.3, -0.25) is 0 Å². The average Bonchev–Trinajstić information content (AvgIpc) is 2.38. The molecular formula is C16H25NO2. The van der Waals surface area contributed by atoms with Gasteiger partial charge in [0.05, 0.1) is 6.61 Å². The van der Waals surface area contributed by atoms with Crippen molar-refractivity contribution in [1.82, 2.24) is 0 Å². The Morgan fingerprint density at radius 1 is 1.26 bits per heavy atom. The van der Waals surface area contributed by atoms with Crippen LogP contribution in [0.1, 0.15) is 39.2 Å². The Hall–Kier alpha value is -1.51. The molecule has 3 nitrogen and oxygen atoms in total. The second-order valence-corrected chi connectivity index (χ2v) is 5.01. The molecule has 0 saturated carbocycles. The van der Waals surface area contributed by atoms with E-state index in [1.54, 1.807) is 0 Å². The summed E-state index contributed by atoms with van der Waals surface area (Å²) in [7, 11) is 0. The maximum atomic E-state index is 12.0. The number of hydrogen-bond donors (Lipinski definition) is 1. The van der Waals surface area contributed by atoms with Gasteiger partial charge in [0.1, 0.15) is 6.04 Å². The smallest absolute Gasteiger partial charge is 0.328 e. The molecule has 0 amide bonds. The van der Waals surface area contributed by atoms with Gasteiger partial charge in [-0.25, -0.2) is 4.79 Å². The van der Waals surface area contributed by atoms with Gasteiger partial charge in [-0.1, -0.05) is 38.0 Å². The van der Waals surface area contributed by atoms with Crippen molar-refractivity contribution in [2.24, 2.45) is 5.92 Å². The summed E-state index contributed by atoms with van der Waals surface area (Å²) in [4.78, 5) is 12.0. The minimum absolute atomic E-state index is 0.163. The van der Waals surface area contributed by atoms with Crippen molar-refractivity contribution in [1.29, 1.82) is 0 Å². The van der Waals surface area contributed by atoms with E-state index in [1.807, 2.05) is 38.1 Å². The van der Waals surface area contributed by atoms with E-state index in [1.165, 1.54) is 5.56 Å². The highest BCUT2D eigenvalue weighted by Crippen LogP contribution is 2.18. The van der Waals surface area contributed by atoms with Crippen LogP contribution in [-0.2, 0) is 9.53 Å². The average molecular weight is 263 g/mol. The van der Waals surface area contributed by atoms with E-state index < -0.39 is 0 Å². The fourth-order valence-electron chi connectivity index (χ4n) is 2.12. The van der Waals surface area contributed by atoms with Crippen molar-refractivity contribution in [2.45, 2.75) is 46.6 Å². The molecule has 0 aliphatic heterocycles. The molecule has 0 aliphatic carbocycles. The number of nitrogens with one attached hydrogen (secondary N) is 1. The lowest BCUT2D eigenvalue weighted by molar-refractivity contribution is -0.145. The summed E-state index contributed by atoms with van der Waals surface area (Å²) >= 11 is 0. The molecule has 106 valence electrons. The second-order valence-electron chi connectivity index (χ2n) is 5.01. The van der Waals surface area contributed by atoms with E-state index in [-0.39, 0.29) is 17.9 Å². The first-order valence-electron chi connectivity index (χ1n) is 7.08. The van der Waals surface area contributed by atoms with E-state index in [0.29, 0.717) is 6.61 Å². The molecule has 0 spiro atoms. The van der Waals surface area contributed by atoms with Crippen LogP contribution < -0.4 is 5.32 Å². The third-order valence-corrected chi connectivity index (χ3v) is 3.23. The number of aryl methyl sites for hydroxylation is 1. The van der Waals surface area contributed by atoms with Gasteiger partial charge in [0, 0.05) is 5.69 Å². The van der Waals surface area contributed by atoms with Crippen LogP contribution in [0.5, 0.6) is 0 Å². The molecule has 1 aromatic carbocycles. The highest BCUT2D eigenvalue weighted by molar-refractivity contribution is 5.79. The lowest BCUT2D eigenvalue weighted by Crippen LogP contribution is -2.37. The van der Waals surface area contributed by atoms with Gasteiger partial charge in [0.25, 0.3) is 0 Å². The van der Waals surface area contributed by atoms with Crippen molar-refractivity contribution in [3.63, 3.8) is 0 Å². The molecule has 3 heteroatoms. The predicted octanol–water partition coefficient (Wildman–Crippen LogP) is 3.77. The minimum atomic E-state index is -0.275. The lowest BCUT2D eigenvalue weighted by atomic mass is 9.96. The van der Waals surface area contributed by atoms with Gasteiger partial charge in [-0.15, -0.1) is 0 Å². The van der Waals surface area contributed by atoms with Gasteiger partial charge in [-0.05, 0) is 38.3 Å². The Morgan fingerprint density at radius 2 is 1.89 bits per heavy atom. The van der Waals surface area contributed by atoms with Gasteiger partial charge in [-0.2, -0.15) is 0 Å². The van der Waals surface area contributed by atoms with E-state index >= 15 is 0 Å². The van der Waals surface area contributed by atoms with Crippen molar-refractivity contribution in [2.75, 3.05) is 11.9 Å². The first-order chi connectivity index (χ1) is 9.08. The molecule has 1 aromatic rings. The predicted molar refractivity (Wildman–Crippen MR) is 79.3 cm³/mol. The number of carbonyl (C=O) groups is 1. The molecule has 0 heterocycles. The van der Waals surface area contributed by atoms with E-state index in [9.17, 15) is 4.79 Å². The van der Waals surface area contributed by atoms with Gasteiger partial charge >= 0.3 is 5.97 Å². The number of hydrogen-bond acceptors (Lipinski definition) is 3.